The lowest BCUT2D eigenvalue weighted by Gasteiger charge is -2.17. The molecule has 0 fully saturated rings. The standard InChI is InChI=1S/C24H18Br2N2/c25-15-17-1-3-21(23(13-17)19-5-9-27-10-6-19)22-4-2-18(16-26)14-24(22)20-7-11-28-12-8-20/h1-14H,15-16H2. The topological polar surface area (TPSA) is 25.8 Å². The van der Waals surface area contributed by atoms with Gasteiger partial charge in [-0.05, 0) is 80.9 Å². The van der Waals surface area contributed by atoms with Crippen LogP contribution >= 0.6 is 31.9 Å². The number of hydrogen-bond donors (Lipinski definition) is 0. The van der Waals surface area contributed by atoms with Crippen molar-refractivity contribution in [2.75, 3.05) is 0 Å². The molecule has 28 heavy (non-hydrogen) atoms. The molecule has 0 N–H and O–H groups in total. The minimum Gasteiger partial charge on any atom is -0.265 e. The van der Waals surface area contributed by atoms with Gasteiger partial charge in [-0.2, -0.15) is 0 Å². The summed E-state index contributed by atoms with van der Waals surface area (Å²) in [5.74, 6) is 0. The zero-order valence-electron chi connectivity index (χ0n) is 15.1. The van der Waals surface area contributed by atoms with Crippen LogP contribution in [0.2, 0.25) is 0 Å². The summed E-state index contributed by atoms with van der Waals surface area (Å²) in [6, 6.07) is 21.6. The highest BCUT2D eigenvalue weighted by Crippen LogP contribution is 2.39. The van der Waals surface area contributed by atoms with Crippen molar-refractivity contribution in [1.82, 2.24) is 9.97 Å². The molecular formula is C24H18Br2N2. The summed E-state index contributed by atoms with van der Waals surface area (Å²) in [5, 5.41) is 1.65. The SMILES string of the molecule is BrCc1ccc(-c2ccc(CBr)cc2-c2ccncc2)c(-c2ccncc2)c1. The van der Waals surface area contributed by atoms with Crippen LogP contribution in [0.1, 0.15) is 11.1 Å². The summed E-state index contributed by atoms with van der Waals surface area (Å²) in [7, 11) is 0. The zero-order chi connectivity index (χ0) is 19.3. The van der Waals surface area contributed by atoms with Crippen molar-refractivity contribution in [1.29, 1.82) is 0 Å². The Morgan fingerprint density at radius 3 is 1.25 bits per heavy atom. The Balaban J connectivity index is 1.97. The molecule has 4 rings (SSSR count). The first-order chi connectivity index (χ1) is 13.8. The van der Waals surface area contributed by atoms with Gasteiger partial charge in [0.2, 0.25) is 0 Å². The second-order valence-electron chi connectivity index (χ2n) is 6.50. The Kier molecular flexibility index (Phi) is 5.98. The molecule has 2 aromatic heterocycles. The molecule has 0 radical (unpaired) electrons. The van der Waals surface area contributed by atoms with E-state index in [1.165, 1.54) is 33.4 Å². The van der Waals surface area contributed by atoms with E-state index in [0.717, 1.165) is 21.8 Å². The molecule has 0 aliphatic rings. The molecule has 0 aliphatic carbocycles. The van der Waals surface area contributed by atoms with Crippen LogP contribution in [0.15, 0.2) is 85.5 Å². The van der Waals surface area contributed by atoms with Gasteiger partial charge in [0.05, 0.1) is 0 Å². The van der Waals surface area contributed by atoms with E-state index in [4.69, 9.17) is 0 Å². The van der Waals surface area contributed by atoms with Gasteiger partial charge in [-0.25, -0.2) is 0 Å². The highest BCUT2D eigenvalue weighted by atomic mass is 79.9. The van der Waals surface area contributed by atoms with Gasteiger partial charge in [0.1, 0.15) is 0 Å². The van der Waals surface area contributed by atoms with Crippen molar-refractivity contribution in [3.63, 3.8) is 0 Å². The van der Waals surface area contributed by atoms with Crippen LogP contribution in [0.25, 0.3) is 33.4 Å². The number of pyridine rings is 2. The van der Waals surface area contributed by atoms with Gasteiger partial charge in [0.15, 0.2) is 0 Å². The van der Waals surface area contributed by atoms with E-state index in [1.54, 1.807) is 0 Å². The van der Waals surface area contributed by atoms with Gasteiger partial charge >= 0.3 is 0 Å². The molecule has 138 valence electrons. The quantitative estimate of drug-likeness (QED) is 0.273. The molecule has 0 spiro atoms. The molecule has 2 nitrogen and oxygen atoms in total. The highest BCUT2D eigenvalue weighted by Gasteiger charge is 2.14. The van der Waals surface area contributed by atoms with Gasteiger partial charge in [0.25, 0.3) is 0 Å². The maximum Gasteiger partial charge on any atom is 0.0283 e. The van der Waals surface area contributed by atoms with Gasteiger partial charge in [0, 0.05) is 35.4 Å². The van der Waals surface area contributed by atoms with E-state index in [-0.39, 0.29) is 0 Å². The molecule has 2 heterocycles. The second-order valence-corrected chi connectivity index (χ2v) is 7.62. The fraction of sp³-hybridized carbons (Fsp3) is 0.0833. The molecule has 0 saturated heterocycles. The molecule has 0 aliphatic heterocycles. The monoisotopic (exact) mass is 492 g/mol. The van der Waals surface area contributed by atoms with E-state index in [0.29, 0.717) is 0 Å². The van der Waals surface area contributed by atoms with Crippen molar-refractivity contribution in [3.8, 4) is 33.4 Å². The van der Waals surface area contributed by atoms with Crippen LogP contribution in [0.3, 0.4) is 0 Å². The van der Waals surface area contributed by atoms with Crippen LogP contribution in [0.4, 0.5) is 0 Å². The summed E-state index contributed by atoms with van der Waals surface area (Å²) >= 11 is 7.18. The van der Waals surface area contributed by atoms with E-state index >= 15 is 0 Å². The van der Waals surface area contributed by atoms with Crippen LogP contribution in [-0.2, 0) is 10.7 Å². The third kappa shape index (κ3) is 3.94. The number of hydrogen-bond acceptors (Lipinski definition) is 2. The smallest absolute Gasteiger partial charge is 0.0283 e. The van der Waals surface area contributed by atoms with Gasteiger partial charge in [-0.15, -0.1) is 0 Å². The van der Waals surface area contributed by atoms with Gasteiger partial charge in [-0.1, -0.05) is 56.1 Å². The number of benzene rings is 2. The Morgan fingerprint density at radius 1 is 0.500 bits per heavy atom. The predicted molar refractivity (Wildman–Crippen MR) is 124 cm³/mol. The lowest BCUT2D eigenvalue weighted by molar-refractivity contribution is 1.32. The Bertz CT molecular complexity index is 991. The number of rotatable bonds is 5. The van der Waals surface area contributed by atoms with Crippen LogP contribution in [0, 0.1) is 0 Å². The minimum absolute atomic E-state index is 0.825. The molecule has 4 heteroatoms. The van der Waals surface area contributed by atoms with Crippen molar-refractivity contribution >= 4 is 31.9 Å². The molecule has 0 saturated carbocycles. The number of aromatic nitrogens is 2. The Morgan fingerprint density at radius 2 is 0.893 bits per heavy atom. The molecule has 2 aromatic carbocycles. The Labute approximate surface area is 182 Å². The first-order valence-corrected chi connectivity index (χ1v) is 11.2. The van der Waals surface area contributed by atoms with Crippen molar-refractivity contribution in [2.24, 2.45) is 0 Å². The van der Waals surface area contributed by atoms with Gasteiger partial charge < -0.3 is 0 Å². The van der Waals surface area contributed by atoms with E-state index in [9.17, 15) is 0 Å². The summed E-state index contributed by atoms with van der Waals surface area (Å²) in [6.45, 7) is 0. The normalized spacial score (nSPS) is 10.8. The van der Waals surface area contributed by atoms with Crippen molar-refractivity contribution < 1.29 is 0 Å². The first-order valence-electron chi connectivity index (χ1n) is 8.99. The van der Waals surface area contributed by atoms with E-state index in [1.807, 2.05) is 24.8 Å². The lowest BCUT2D eigenvalue weighted by Crippen LogP contribution is -1.93. The highest BCUT2D eigenvalue weighted by molar-refractivity contribution is 9.08. The molecule has 0 amide bonds. The first kappa shape index (κ1) is 19.0. The fourth-order valence-corrected chi connectivity index (χ4v) is 4.06. The van der Waals surface area contributed by atoms with Gasteiger partial charge in [-0.3, -0.25) is 9.97 Å². The number of halogens is 2. The summed E-state index contributed by atoms with van der Waals surface area (Å²) < 4.78 is 0. The van der Waals surface area contributed by atoms with E-state index < -0.39 is 0 Å². The molecule has 0 bridgehead atoms. The zero-order valence-corrected chi connectivity index (χ0v) is 18.3. The second kappa shape index (κ2) is 8.80. The molecule has 4 aromatic rings. The summed E-state index contributed by atoms with van der Waals surface area (Å²) in [6.07, 6.45) is 7.38. The number of alkyl halides is 2. The fourth-order valence-electron chi connectivity index (χ4n) is 3.36. The maximum atomic E-state index is 4.18. The third-order valence-electron chi connectivity index (χ3n) is 4.75. The van der Waals surface area contributed by atoms with Crippen molar-refractivity contribution in [3.05, 3.63) is 96.6 Å². The number of nitrogens with zero attached hydrogens (tertiary/aromatic N) is 2. The average molecular weight is 494 g/mol. The third-order valence-corrected chi connectivity index (χ3v) is 6.04. The summed E-state index contributed by atoms with van der Waals surface area (Å²) in [4.78, 5) is 8.36. The van der Waals surface area contributed by atoms with Crippen LogP contribution in [-0.4, -0.2) is 9.97 Å². The van der Waals surface area contributed by atoms with Crippen LogP contribution in [0.5, 0.6) is 0 Å². The minimum atomic E-state index is 0.825. The van der Waals surface area contributed by atoms with Crippen molar-refractivity contribution in [2.45, 2.75) is 10.7 Å². The molecule has 0 unspecified atom stereocenters. The van der Waals surface area contributed by atoms with Crippen LogP contribution < -0.4 is 0 Å². The molecular weight excluding hydrogens is 476 g/mol. The summed E-state index contributed by atoms with van der Waals surface area (Å²) in [5.41, 5.74) is 9.67. The maximum absolute atomic E-state index is 4.18. The predicted octanol–water partition coefficient (Wildman–Crippen LogP) is 7.27. The van der Waals surface area contributed by atoms with E-state index in [2.05, 4.69) is 102 Å². The Hall–Kier alpha value is -2.30. The largest absolute Gasteiger partial charge is 0.265 e. The lowest BCUT2D eigenvalue weighted by atomic mass is 9.88. The molecule has 0 atom stereocenters. The average Bonchev–Trinajstić information content (AvgIpc) is 2.79.